The third-order valence-corrected chi connectivity index (χ3v) is 3.62. The number of aliphatic hydroxyl groups is 1. The van der Waals surface area contributed by atoms with Crippen molar-refractivity contribution in [1.29, 1.82) is 0 Å². The van der Waals surface area contributed by atoms with Crippen LogP contribution in [0.15, 0.2) is 41.7 Å². The van der Waals surface area contributed by atoms with Crippen molar-refractivity contribution in [3.8, 4) is 0 Å². The zero-order chi connectivity index (χ0) is 17.3. The molecule has 0 aliphatic rings. The largest absolute Gasteiger partial charge is 0.389 e. The van der Waals surface area contributed by atoms with Crippen LogP contribution in [0, 0.1) is 17.0 Å². The number of hydrogen-bond acceptors (Lipinski definition) is 6. The fraction of sp³-hybridized carbons (Fsp3) is 0.267. The average Bonchev–Trinajstić information content (AvgIpc) is 2.99. The molecule has 1 aromatic carbocycles. The Labute approximate surface area is 135 Å². The summed E-state index contributed by atoms with van der Waals surface area (Å²) in [6.45, 7) is 1.94. The maximum Gasteiger partial charge on any atom is 0.306 e. The van der Waals surface area contributed by atoms with Crippen molar-refractivity contribution in [2.75, 3.05) is 0 Å². The molecule has 0 bridgehead atoms. The molecule has 0 saturated carbocycles. The van der Waals surface area contributed by atoms with E-state index in [0.29, 0.717) is 10.9 Å². The predicted octanol–water partition coefficient (Wildman–Crippen LogP) is 0.871. The number of nitrogens with zero attached hydrogens (tertiary/aromatic N) is 5. The molecule has 0 aliphatic carbocycles. The summed E-state index contributed by atoms with van der Waals surface area (Å²) in [4.78, 5) is 26.7. The molecule has 0 aliphatic heterocycles. The van der Waals surface area contributed by atoms with Gasteiger partial charge in [0, 0.05) is 0 Å². The summed E-state index contributed by atoms with van der Waals surface area (Å²) >= 11 is 0. The Morgan fingerprint density at radius 2 is 2.17 bits per heavy atom. The van der Waals surface area contributed by atoms with Crippen LogP contribution >= 0.6 is 0 Å². The van der Waals surface area contributed by atoms with Gasteiger partial charge in [0.15, 0.2) is 0 Å². The highest BCUT2D eigenvalue weighted by Gasteiger charge is 2.13. The molecule has 2 heterocycles. The third kappa shape index (κ3) is 3.15. The van der Waals surface area contributed by atoms with E-state index >= 15 is 0 Å². The average molecular weight is 329 g/mol. The van der Waals surface area contributed by atoms with E-state index in [-0.39, 0.29) is 24.3 Å². The van der Waals surface area contributed by atoms with Gasteiger partial charge >= 0.3 is 5.69 Å². The standard InChI is InChI=1S/C15H15N5O4/c1-10-2-3-14-13(4-10)15(22)18(9-16-14)7-12(21)8-19-6-11(5-17-19)20(23)24/h2-6,9,12,21H,7-8H2,1H3. The van der Waals surface area contributed by atoms with Crippen molar-refractivity contribution in [3.05, 3.63) is 63.0 Å². The molecule has 0 saturated heterocycles. The summed E-state index contributed by atoms with van der Waals surface area (Å²) in [7, 11) is 0. The molecular weight excluding hydrogens is 314 g/mol. The van der Waals surface area contributed by atoms with Gasteiger partial charge in [0.2, 0.25) is 0 Å². The Hall–Kier alpha value is -3.07. The lowest BCUT2D eigenvalue weighted by Crippen LogP contribution is -2.29. The monoisotopic (exact) mass is 329 g/mol. The molecule has 0 radical (unpaired) electrons. The Balaban J connectivity index is 1.79. The molecule has 3 rings (SSSR count). The summed E-state index contributed by atoms with van der Waals surface area (Å²) < 4.78 is 2.59. The first-order valence-electron chi connectivity index (χ1n) is 7.25. The van der Waals surface area contributed by atoms with Crippen molar-refractivity contribution in [2.45, 2.75) is 26.1 Å². The van der Waals surface area contributed by atoms with Crippen LogP contribution in [0.3, 0.4) is 0 Å². The summed E-state index contributed by atoms with van der Waals surface area (Å²) in [5.74, 6) is 0. The Morgan fingerprint density at radius 3 is 2.88 bits per heavy atom. The molecule has 0 spiro atoms. The van der Waals surface area contributed by atoms with Gasteiger partial charge in [-0.2, -0.15) is 5.10 Å². The maximum absolute atomic E-state index is 12.5. The zero-order valence-corrected chi connectivity index (χ0v) is 12.9. The highest BCUT2D eigenvalue weighted by atomic mass is 16.6. The quantitative estimate of drug-likeness (QED) is 0.548. The summed E-state index contributed by atoms with van der Waals surface area (Å²) in [5, 5.41) is 25.1. The second-order valence-corrected chi connectivity index (χ2v) is 5.55. The van der Waals surface area contributed by atoms with Crippen molar-refractivity contribution in [3.63, 3.8) is 0 Å². The minimum Gasteiger partial charge on any atom is -0.389 e. The van der Waals surface area contributed by atoms with E-state index in [2.05, 4.69) is 10.1 Å². The lowest BCUT2D eigenvalue weighted by molar-refractivity contribution is -0.385. The smallest absolute Gasteiger partial charge is 0.306 e. The van der Waals surface area contributed by atoms with E-state index in [1.54, 1.807) is 12.1 Å². The van der Waals surface area contributed by atoms with E-state index < -0.39 is 11.0 Å². The predicted molar refractivity (Wildman–Crippen MR) is 85.6 cm³/mol. The lowest BCUT2D eigenvalue weighted by Gasteiger charge is -2.13. The Morgan fingerprint density at radius 1 is 1.38 bits per heavy atom. The second-order valence-electron chi connectivity index (χ2n) is 5.55. The maximum atomic E-state index is 12.5. The number of aliphatic hydroxyl groups excluding tert-OH is 1. The van der Waals surface area contributed by atoms with Gasteiger partial charge in [0.05, 0.1) is 41.3 Å². The van der Waals surface area contributed by atoms with E-state index in [1.807, 2.05) is 13.0 Å². The van der Waals surface area contributed by atoms with Gasteiger partial charge in [0.1, 0.15) is 12.4 Å². The molecule has 9 heteroatoms. The topological polar surface area (TPSA) is 116 Å². The van der Waals surface area contributed by atoms with Crippen LogP contribution in [-0.2, 0) is 13.1 Å². The van der Waals surface area contributed by atoms with Crippen LogP contribution < -0.4 is 5.56 Å². The minimum absolute atomic E-state index is 0.0172. The van der Waals surface area contributed by atoms with E-state index in [4.69, 9.17) is 0 Å². The summed E-state index contributed by atoms with van der Waals surface area (Å²) in [5.41, 5.74) is 1.15. The van der Waals surface area contributed by atoms with Crippen molar-refractivity contribution in [1.82, 2.24) is 19.3 Å². The second kappa shape index (κ2) is 6.20. The molecule has 1 N–H and O–H groups in total. The first-order valence-corrected chi connectivity index (χ1v) is 7.25. The van der Waals surface area contributed by atoms with Crippen LogP contribution in [-0.4, -0.2) is 35.5 Å². The number of aryl methyl sites for hydroxylation is 1. The van der Waals surface area contributed by atoms with Gasteiger partial charge in [-0.15, -0.1) is 0 Å². The SMILES string of the molecule is Cc1ccc2ncn(CC(O)Cn3cc([N+](=O)[O-])cn3)c(=O)c2c1. The molecule has 2 aromatic heterocycles. The van der Waals surface area contributed by atoms with Crippen molar-refractivity contribution >= 4 is 16.6 Å². The molecule has 1 atom stereocenters. The number of benzene rings is 1. The van der Waals surface area contributed by atoms with Crippen LogP contribution in [0.5, 0.6) is 0 Å². The number of fused-ring (bicyclic) bond motifs is 1. The molecular formula is C15H15N5O4. The van der Waals surface area contributed by atoms with Gasteiger partial charge in [0.25, 0.3) is 5.56 Å². The fourth-order valence-corrected chi connectivity index (χ4v) is 2.45. The number of nitro groups is 1. The molecule has 1 unspecified atom stereocenters. The van der Waals surface area contributed by atoms with Gasteiger partial charge in [-0.05, 0) is 19.1 Å². The van der Waals surface area contributed by atoms with Gasteiger partial charge in [-0.3, -0.25) is 24.2 Å². The van der Waals surface area contributed by atoms with Crippen molar-refractivity contribution in [2.24, 2.45) is 0 Å². The molecule has 9 nitrogen and oxygen atoms in total. The van der Waals surface area contributed by atoms with E-state index in [1.165, 1.54) is 21.8 Å². The zero-order valence-electron chi connectivity index (χ0n) is 12.9. The van der Waals surface area contributed by atoms with E-state index in [9.17, 15) is 20.0 Å². The van der Waals surface area contributed by atoms with Gasteiger partial charge in [-0.1, -0.05) is 11.6 Å². The highest BCUT2D eigenvalue weighted by Crippen LogP contribution is 2.10. The first-order chi connectivity index (χ1) is 11.4. The van der Waals surface area contributed by atoms with E-state index in [0.717, 1.165) is 11.8 Å². The Kier molecular flexibility index (Phi) is 4.09. The number of rotatable bonds is 5. The van der Waals surface area contributed by atoms with Crippen LogP contribution in [0.2, 0.25) is 0 Å². The minimum atomic E-state index is -0.939. The highest BCUT2D eigenvalue weighted by molar-refractivity contribution is 5.77. The summed E-state index contributed by atoms with van der Waals surface area (Å²) in [6.07, 6.45) is 2.79. The third-order valence-electron chi connectivity index (χ3n) is 3.62. The fourth-order valence-electron chi connectivity index (χ4n) is 2.45. The molecule has 24 heavy (non-hydrogen) atoms. The van der Waals surface area contributed by atoms with Crippen LogP contribution in [0.1, 0.15) is 5.56 Å². The van der Waals surface area contributed by atoms with Crippen LogP contribution in [0.25, 0.3) is 10.9 Å². The normalized spacial score (nSPS) is 12.4. The van der Waals surface area contributed by atoms with Crippen molar-refractivity contribution < 1.29 is 10.0 Å². The number of aromatic nitrogens is 4. The van der Waals surface area contributed by atoms with Gasteiger partial charge < -0.3 is 5.11 Å². The molecule has 3 aromatic rings. The van der Waals surface area contributed by atoms with Gasteiger partial charge in [-0.25, -0.2) is 4.98 Å². The molecule has 124 valence electrons. The Bertz CT molecular complexity index is 962. The molecule has 0 amide bonds. The molecule has 0 fully saturated rings. The van der Waals surface area contributed by atoms with Crippen LogP contribution in [0.4, 0.5) is 5.69 Å². The first kappa shape index (κ1) is 15.8. The lowest BCUT2D eigenvalue weighted by atomic mass is 10.2. The number of hydrogen-bond donors (Lipinski definition) is 1. The summed E-state index contributed by atoms with van der Waals surface area (Å²) in [6, 6.07) is 5.40.